The largest absolute Gasteiger partial charge is 0.310 e. The molecule has 0 aliphatic carbocycles. The smallest absolute Gasteiger partial charge is 0.114 e. The van der Waals surface area contributed by atoms with E-state index in [9.17, 15) is 4.39 Å². The van der Waals surface area contributed by atoms with E-state index in [2.05, 4.69) is 25.5 Å². The quantitative estimate of drug-likeness (QED) is 0.828. The van der Waals surface area contributed by atoms with Gasteiger partial charge in [0.15, 0.2) is 0 Å². The summed E-state index contributed by atoms with van der Waals surface area (Å²) in [5, 5.41) is 14.4. The third kappa shape index (κ3) is 3.68. The number of aromatic amines is 1. The first-order chi connectivity index (χ1) is 10.2. The van der Waals surface area contributed by atoms with E-state index < -0.39 is 6.17 Å². The molecular weight excluding hydrogens is 271 g/mol. The van der Waals surface area contributed by atoms with Gasteiger partial charge in [-0.2, -0.15) is 10.2 Å². The molecule has 1 aliphatic rings. The maximum absolute atomic E-state index is 13.7. The van der Waals surface area contributed by atoms with Gasteiger partial charge < -0.3 is 5.32 Å². The first-order valence-corrected chi connectivity index (χ1v) is 7.25. The molecule has 7 heteroatoms. The zero-order chi connectivity index (χ0) is 14.7. The predicted octanol–water partition coefficient (Wildman–Crippen LogP) is 0.845. The van der Waals surface area contributed by atoms with Crippen molar-refractivity contribution in [1.82, 2.24) is 30.2 Å². The molecular formula is C14H21FN6. The molecule has 3 heterocycles. The molecule has 0 radical (unpaired) electrons. The van der Waals surface area contributed by atoms with Crippen LogP contribution in [0, 0.1) is 0 Å². The second-order valence-electron chi connectivity index (χ2n) is 5.65. The molecule has 21 heavy (non-hydrogen) atoms. The molecule has 3 rings (SSSR count). The van der Waals surface area contributed by atoms with Gasteiger partial charge in [-0.3, -0.25) is 14.7 Å². The average molecular weight is 292 g/mol. The third-order valence-electron chi connectivity index (χ3n) is 3.87. The van der Waals surface area contributed by atoms with Crippen LogP contribution in [0.1, 0.15) is 17.7 Å². The van der Waals surface area contributed by atoms with E-state index in [0.717, 1.165) is 30.9 Å². The topological polar surface area (TPSA) is 61.8 Å². The number of likely N-dealkylation sites (tertiary alicyclic amines) is 1. The lowest BCUT2D eigenvalue weighted by atomic mass is 10.2. The van der Waals surface area contributed by atoms with Crippen LogP contribution >= 0.6 is 0 Å². The summed E-state index contributed by atoms with van der Waals surface area (Å²) in [6.45, 7) is 2.77. The number of nitrogens with zero attached hydrogens (tertiary/aromatic N) is 4. The highest BCUT2D eigenvalue weighted by Gasteiger charge is 2.31. The van der Waals surface area contributed by atoms with Gasteiger partial charge in [-0.05, 0) is 12.5 Å². The van der Waals surface area contributed by atoms with Gasteiger partial charge in [0.2, 0.25) is 0 Å². The molecule has 2 N–H and O–H groups in total. The number of H-pyrrole nitrogens is 1. The highest BCUT2D eigenvalue weighted by molar-refractivity contribution is 5.05. The number of aryl methyl sites for hydroxylation is 1. The summed E-state index contributed by atoms with van der Waals surface area (Å²) in [7, 11) is 1.90. The average Bonchev–Trinajstić information content (AvgIpc) is 3.14. The van der Waals surface area contributed by atoms with Gasteiger partial charge in [0.25, 0.3) is 0 Å². The molecule has 0 bridgehead atoms. The summed E-state index contributed by atoms with van der Waals surface area (Å²) in [6.07, 6.45) is 5.43. The Kier molecular flexibility index (Phi) is 4.31. The van der Waals surface area contributed by atoms with Gasteiger partial charge in [0, 0.05) is 62.9 Å². The molecule has 2 aromatic heterocycles. The molecule has 2 aromatic rings. The summed E-state index contributed by atoms with van der Waals surface area (Å²) in [6, 6.07) is 2.16. The number of alkyl halides is 1. The molecule has 2 atom stereocenters. The third-order valence-corrected chi connectivity index (χ3v) is 3.87. The van der Waals surface area contributed by atoms with Gasteiger partial charge in [-0.15, -0.1) is 0 Å². The molecule has 0 amide bonds. The van der Waals surface area contributed by atoms with Crippen LogP contribution in [0.4, 0.5) is 4.39 Å². The molecule has 0 spiro atoms. The fourth-order valence-electron chi connectivity index (χ4n) is 2.87. The van der Waals surface area contributed by atoms with Crippen molar-refractivity contribution in [3.8, 4) is 0 Å². The second kappa shape index (κ2) is 6.36. The van der Waals surface area contributed by atoms with E-state index in [1.165, 1.54) is 0 Å². The normalized spacial score (nSPS) is 23.0. The Morgan fingerprint density at radius 2 is 2.43 bits per heavy atom. The first-order valence-electron chi connectivity index (χ1n) is 7.25. The van der Waals surface area contributed by atoms with Crippen LogP contribution in [-0.2, 0) is 20.1 Å². The molecule has 1 fully saturated rings. The zero-order valence-electron chi connectivity index (χ0n) is 12.2. The van der Waals surface area contributed by atoms with Gasteiger partial charge in [-0.25, -0.2) is 4.39 Å². The van der Waals surface area contributed by atoms with E-state index >= 15 is 0 Å². The molecule has 0 aromatic carbocycles. The standard InChI is InChI=1S/C14H21FN6/c1-20-8-11(5-18-20)9-21-10-12(15)4-14(21)7-16-6-13-2-3-17-19-13/h2-3,5,8,12,14,16H,4,6-7,9-10H2,1H3,(H,17,19)/t12-,14-/m0/s1. The van der Waals surface area contributed by atoms with Crippen molar-refractivity contribution in [2.45, 2.75) is 31.7 Å². The van der Waals surface area contributed by atoms with E-state index in [-0.39, 0.29) is 6.04 Å². The number of hydrogen-bond donors (Lipinski definition) is 2. The van der Waals surface area contributed by atoms with Gasteiger partial charge >= 0.3 is 0 Å². The fraction of sp³-hybridized carbons (Fsp3) is 0.571. The minimum Gasteiger partial charge on any atom is -0.310 e. The van der Waals surface area contributed by atoms with Crippen molar-refractivity contribution >= 4 is 0 Å². The minimum atomic E-state index is -0.736. The maximum atomic E-state index is 13.7. The number of rotatable bonds is 6. The lowest BCUT2D eigenvalue weighted by Gasteiger charge is -2.23. The SMILES string of the molecule is Cn1cc(CN2C[C@@H](F)C[C@H]2CNCc2ccn[nH]2)cn1. The van der Waals surface area contributed by atoms with Crippen LogP contribution in [-0.4, -0.2) is 50.2 Å². The molecule has 0 saturated carbocycles. The zero-order valence-corrected chi connectivity index (χ0v) is 12.2. The van der Waals surface area contributed by atoms with E-state index in [1.54, 1.807) is 10.9 Å². The van der Waals surface area contributed by atoms with Crippen LogP contribution in [0.5, 0.6) is 0 Å². The van der Waals surface area contributed by atoms with Crippen molar-refractivity contribution in [1.29, 1.82) is 0 Å². The number of hydrogen-bond acceptors (Lipinski definition) is 4. The van der Waals surface area contributed by atoms with Crippen LogP contribution in [0.2, 0.25) is 0 Å². The Labute approximate surface area is 123 Å². The van der Waals surface area contributed by atoms with Gasteiger partial charge in [-0.1, -0.05) is 0 Å². The van der Waals surface area contributed by atoms with Crippen LogP contribution < -0.4 is 5.32 Å². The number of halogens is 1. The summed E-state index contributed by atoms with van der Waals surface area (Å²) in [4.78, 5) is 2.20. The van der Waals surface area contributed by atoms with E-state index in [1.807, 2.05) is 25.5 Å². The van der Waals surface area contributed by atoms with Gasteiger partial charge in [0.1, 0.15) is 6.17 Å². The lowest BCUT2D eigenvalue weighted by Crippen LogP contribution is -2.37. The van der Waals surface area contributed by atoms with Crippen molar-refractivity contribution in [2.24, 2.45) is 7.05 Å². The Bertz CT molecular complexity index is 552. The van der Waals surface area contributed by atoms with Crippen LogP contribution in [0.15, 0.2) is 24.7 Å². The van der Waals surface area contributed by atoms with Crippen LogP contribution in [0.3, 0.4) is 0 Å². The van der Waals surface area contributed by atoms with Crippen molar-refractivity contribution < 1.29 is 4.39 Å². The van der Waals surface area contributed by atoms with Gasteiger partial charge in [0.05, 0.1) is 6.20 Å². The minimum absolute atomic E-state index is 0.225. The maximum Gasteiger partial charge on any atom is 0.114 e. The predicted molar refractivity (Wildman–Crippen MR) is 77.2 cm³/mol. The number of nitrogens with one attached hydrogen (secondary N) is 2. The molecule has 0 unspecified atom stereocenters. The Balaban J connectivity index is 1.52. The second-order valence-corrected chi connectivity index (χ2v) is 5.65. The molecule has 6 nitrogen and oxygen atoms in total. The summed E-state index contributed by atoms with van der Waals surface area (Å²) in [5.41, 5.74) is 2.17. The summed E-state index contributed by atoms with van der Waals surface area (Å²) >= 11 is 0. The Morgan fingerprint density at radius 3 is 3.14 bits per heavy atom. The molecule has 1 aliphatic heterocycles. The van der Waals surface area contributed by atoms with E-state index in [0.29, 0.717) is 13.0 Å². The first kappa shape index (κ1) is 14.2. The van der Waals surface area contributed by atoms with Crippen LogP contribution in [0.25, 0.3) is 0 Å². The highest BCUT2D eigenvalue weighted by Crippen LogP contribution is 2.22. The fourth-order valence-corrected chi connectivity index (χ4v) is 2.87. The summed E-state index contributed by atoms with van der Waals surface area (Å²) in [5.74, 6) is 0. The number of aromatic nitrogens is 4. The lowest BCUT2D eigenvalue weighted by molar-refractivity contribution is 0.230. The highest BCUT2D eigenvalue weighted by atomic mass is 19.1. The van der Waals surface area contributed by atoms with Crippen molar-refractivity contribution in [3.63, 3.8) is 0 Å². The molecule has 1 saturated heterocycles. The Morgan fingerprint density at radius 1 is 1.52 bits per heavy atom. The monoisotopic (exact) mass is 292 g/mol. The van der Waals surface area contributed by atoms with E-state index in [4.69, 9.17) is 0 Å². The van der Waals surface area contributed by atoms with Crippen molar-refractivity contribution in [3.05, 3.63) is 35.9 Å². The summed E-state index contributed by atoms with van der Waals surface area (Å²) < 4.78 is 15.5. The molecule has 114 valence electrons. The van der Waals surface area contributed by atoms with Crippen molar-refractivity contribution in [2.75, 3.05) is 13.1 Å². The Hall–Kier alpha value is -1.73.